The zero-order valence-corrected chi connectivity index (χ0v) is 11.9. The van der Waals surface area contributed by atoms with Gasteiger partial charge >= 0.3 is 0 Å². The van der Waals surface area contributed by atoms with E-state index in [1.807, 2.05) is 17.5 Å². The third-order valence-electron chi connectivity index (χ3n) is 3.52. The summed E-state index contributed by atoms with van der Waals surface area (Å²) in [5.41, 5.74) is 3.70. The van der Waals surface area contributed by atoms with E-state index in [0.29, 0.717) is 0 Å². The van der Waals surface area contributed by atoms with Gasteiger partial charge in [-0.05, 0) is 17.7 Å². The molecule has 1 unspecified atom stereocenters. The van der Waals surface area contributed by atoms with Crippen LogP contribution in [0.4, 0.5) is 4.39 Å². The molecule has 0 saturated carbocycles. The molecule has 102 valence electrons. The molecule has 1 aromatic carbocycles. The van der Waals surface area contributed by atoms with Crippen LogP contribution in [0.1, 0.15) is 24.4 Å². The quantitative estimate of drug-likeness (QED) is 0.653. The molecule has 1 heterocycles. The molecule has 0 amide bonds. The van der Waals surface area contributed by atoms with Crippen LogP contribution in [0, 0.1) is 5.82 Å². The first-order chi connectivity index (χ1) is 9.04. The molecule has 0 radical (unpaired) electrons. The molecule has 0 aliphatic carbocycles. The van der Waals surface area contributed by atoms with E-state index in [1.165, 1.54) is 12.1 Å². The fourth-order valence-corrected chi connectivity index (χ4v) is 2.79. The summed E-state index contributed by atoms with van der Waals surface area (Å²) in [7, 11) is 0. The standard InChI is InChI=1S/C14H18FN3S/c1-14(2,10-3-5-11(15)6-4-10)12(18-16)9-13-17-7-8-19-13/h3-8,12,18H,9,16H2,1-2H3. The van der Waals surface area contributed by atoms with Crippen molar-refractivity contribution in [3.8, 4) is 0 Å². The minimum absolute atomic E-state index is 0.0316. The van der Waals surface area contributed by atoms with Crippen molar-refractivity contribution in [1.82, 2.24) is 10.4 Å². The number of rotatable bonds is 5. The largest absolute Gasteiger partial charge is 0.271 e. The first-order valence-electron chi connectivity index (χ1n) is 6.14. The predicted molar refractivity (Wildman–Crippen MR) is 76.4 cm³/mol. The van der Waals surface area contributed by atoms with Gasteiger partial charge in [0.25, 0.3) is 0 Å². The maximum absolute atomic E-state index is 13.0. The highest BCUT2D eigenvalue weighted by Crippen LogP contribution is 2.29. The van der Waals surface area contributed by atoms with Crippen molar-refractivity contribution in [3.05, 3.63) is 52.2 Å². The zero-order chi connectivity index (χ0) is 13.9. The Morgan fingerprint density at radius 1 is 1.37 bits per heavy atom. The summed E-state index contributed by atoms with van der Waals surface area (Å²) in [6.45, 7) is 4.19. The summed E-state index contributed by atoms with van der Waals surface area (Å²) < 4.78 is 13.0. The minimum atomic E-state index is -0.225. The molecule has 0 fully saturated rings. The number of nitrogens with one attached hydrogen (secondary N) is 1. The van der Waals surface area contributed by atoms with E-state index in [2.05, 4.69) is 24.3 Å². The van der Waals surface area contributed by atoms with E-state index < -0.39 is 0 Å². The molecule has 3 nitrogen and oxygen atoms in total. The summed E-state index contributed by atoms with van der Waals surface area (Å²) in [6, 6.07) is 6.61. The van der Waals surface area contributed by atoms with Crippen molar-refractivity contribution in [3.63, 3.8) is 0 Å². The normalized spacial score (nSPS) is 13.5. The van der Waals surface area contributed by atoms with Crippen LogP contribution in [0.15, 0.2) is 35.8 Å². The van der Waals surface area contributed by atoms with E-state index in [-0.39, 0.29) is 17.3 Å². The van der Waals surface area contributed by atoms with Crippen molar-refractivity contribution in [2.75, 3.05) is 0 Å². The van der Waals surface area contributed by atoms with Crippen LogP contribution in [0.25, 0.3) is 0 Å². The lowest BCUT2D eigenvalue weighted by molar-refractivity contribution is 0.341. The molecule has 0 saturated heterocycles. The number of hydrogen-bond donors (Lipinski definition) is 2. The van der Waals surface area contributed by atoms with E-state index in [9.17, 15) is 4.39 Å². The second-order valence-corrected chi connectivity index (χ2v) is 6.06. The molecule has 0 spiro atoms. The van der Waals surface area contributed by atoms with E-state index in [1.54, 1.807) is 17.5 Å². The molecule has 1 aromatic heterocycles. The molecule has 5 heteroatoms. The average Bonchev–Trinajstić information content (AvgIpc) is 2.89. The van der Waals surface area contributed by atoms with Crippen LogP contribution in [-0.2, 0) is 11.8 Å². The first-order valence-corrected chi connectivity index (χ1v) is 7.02. The average molecular weight is 279 g/mol. The second-order valence-electron chi connectivity index (χ2n) is 5.08. The van der Waals surface area contributed by atoms with Gasteiger partial charge in [-0.25, -0.2) is 9.37 Å². The Kier molecular flexibility index (Phi) is 4.29. The molecular weight excluding hydrogens is 261 g/mol. The highest BCUT2D eigenvalue weighted by atomic mass is 32.1. The highest BCUT2D eigenvalue weighted by molar-refractivity contribution is 7.09. The van der Waals surface area contributed by atoms with Gasteiger partial charge in [-0.15, -0.1) is 11.3 Å². The summed E-state index contributed by atoms with van der Waals surface area (Å²) >= 11 is 1.61. The van der Waals surface area contributed by atoms with Gasteiger partial charge in [0.1, 0.15) is 5.82 Å². The lowest BCUT2D eigenvalue weighted by atomic mass is 9.77. The van der Waals surface area contributed by atoms with Crippen molar-refractivity contribution in [2.24, 2.45) is 5.84 Å². The third kappa shape index (κ3) is 3.18. The Hall–Kier alpha value is -1.30. The fourth-order valence-electron chi connectivity index (χ4n) is 2.13. The molecule has 0 bridgehead atoms. The van der Waals surface area contributed by atoms with E-state index in [0.717, 1.165) is 17.0 Å². The number of benzene rings is 1. The smallest absolute Gasteiger partial charge is 0.123 e. The number of halogens is 1. The van der Waals surface area contributed by atoms with Crippen LogP contribution < -0.4 is 11.3 Å². The van der Waals surface area contributed by atoms with Gasteiger partial charge in [0.2, 0.25) is 0 Å². The van der Waals surface area contributed by atoms with Crippen molar-refractivity contribution >= 4 is 11.3 Å². The number of hydrazine groups is 1. The third-order valence-corrected chi connectivity index (χ3v) is 4.32. The minimum Gasteiger partial charge on any atom is -0.271 e. The van der Waals surface area contributed by atoms with Gasteiger partial charge in [0.15, 0.2) is 0 Å². The SMILES string of the molecule is CC(C)(c1ccc(F)cc1)C(Cc1nccs1)NN. The Morgan fingerprint density at radius 3 is 2.58 bits per heavy atom. The monoisotopic (exact) mass is 279 g/mol. The molecular formula is C14H18FN3S. The lowest BCUT2D eigenvalue weighted by Gasteiger charge is -2.34. The molecule has 1 atom stereocenters. The van der Waals surface area contributed by atoms with Gasteiger partial charge in [-0.1, -0.05) is 26.0 Å². The van der Waals surface area contributed by atoms with Crippen molar-refractivity contribution in [2.45, 2.75) is 31.7 Å². The Labute approximate surface area is 116 Å². The first kappa shape index (κ1) is 14.1. The van der Waals surface area contributed by atoms with Crippen LogP contribution in [0.2, 0.25) is 0 Å². The van der Waals surface area contributed by atoms with Gasteiger partial charge in [-0.2, -0.15) is 0 Å². The van der Waals surface area contributed by atoms with Gasteiger partial charge in [0.05, 0.1) is 5.01 Å². The van der Waals surface area contributed by atoms with Gasteiger partial charge in [0, 0.05) is 29.5 Å². The summed E-state index contributed by atoms with van der Waals surface area (Å²) in [5.74, 6) is 5.47. The number of aromatic nitrogens is 1. The van der Waals surface area contributed by atoms with Gasteiger partial charge < -0.3 is 0 Å². The van der Waals surface area contributed by atoms with Gasteiger partial charge in [-0.3, -0.25) is 11.3 Å². The zero-order valence-electron chi connectivity index (χ0n) is 11.1. The number of nitrogens with zero attached hydrogens (tertiary/aromatic N) is 1. The number of thiazole rings is 1. The van der Waals surface area contributed by atoms with Crippen molar-refractivity contribution < 1.29 is 4.39 Å². The maximum atomic E-state index is 13.0. The topological polar surface area (TPSA) is 50.9 Å². The second kappa shape index (κ2) is 5.77. The maximum Gasteiger partial charge on any atom is 0.123 e. The van der Waals surface area contributed by atoms with Crippen LogP contribution in [0.5, 0.6) is 0 Å². The lowest BCUT2D eigenvalue weighted by Crippen LogP contribution is -2.49. The summed E-state index contributed by atoms with van der Waals surface area (Å²) in [5, 5.41) is 2.99. The molecule has 3 N–H and O–H groups in total. The molecule has 0 aliphatic heterocycles. The Bertz CT molecular complexity index is 508. The van der Waals surface area contributed by atoms with E-state index in [4.69, 9.17) is 5.84 Å². The molecule has 19 heavy (non-hydrogen) atoms. The predicted octanol–water partition coefficient (Wildman–Crippen LogP) is 2.63. The Morgan fingerprint density at radius 2 is 2.05 bits per heavy atom. The van der Waals surface area contributed by atoms with E-state index >= 15 is 0 Å². The van der Waals surface area contributed by atoms with Crippen LogP contribution in [0.3, 0.4) is 0 Å². The summed E-state index contributed by atoms with van der Waals surface area (Å²) in [6.07, 6.45) is 2.54. The molecule has 0 aliphatic rings. The fraction of sp³-hybridized carbons (Fsp3) is 0.357. The highest BCUT2D eigenvalue weighted by Gasteiger charge is 2.31. The number of hydrogen-bond acceptors (Lipinski definition) is 4. The molecule has 2 rings (SSSR count). The molecule has 2 aromatic rings. The summed E-state index contributed by atoms with van der Waals surface area (Å²) in [4.78, 5) is 4.29. The Balaban J connectivity index is 2.22. The van der Waals surface area contributed by atoms with Crippen molar-refractivity contribution in [1.29, 1.82) is 0 Å². The van der Waals surface area contributed by atoms with Crippen LogP contribution in [-0.4, -0.2) is 11.0 Å². The van der Waals surface area contributed by atoms with Crippen LogP contribution >= 0.6 is 11.3 Å². The number of nitrogens with two attached hydrogens (primary N) is 1.